The molecule has 2 aromatic heterocycles. The molecule has 2 atom stereocenters. The maximum Gasteiger partial charge on any atom is 0.246 e. The van der Waals surface area contributed by atoms with E-state index in [2.05, 4.69) is 15.4 Å². The number of anilines is 1. The summed E-state index contributed by atoms with van der Waals surface area (Å²) in [6, 6.07) is 6.78. The Kier molecular flexibility index (Phi) is 4.96. The lowest BCUT2D eigenvalue weighted by atomic mass is 9.90. The van der Waals surface area contributed by atoms with Crippen molar-refractivity contribution >= 4 is 28.9 Å². The van der Waals surface area contributed by atoms with Crippen molar-refractivity contribution in [3.05, 3.63) is 58.8 Å². The third-order valence-corrected chi connectivity index (χ3v) is 5.27. The van der Waals surface area contributed by atoms with E-state index < -0.39 is 30.2 Å². The van der Waals surface area contributed by atoms with Crippen LogP contribution in [0.4, 0.5) is 14.5 Å². The number of halogens is 3. The molecule has 1 aliphatic rings. The predicted molar refractivity (Wildman–Crippen MR) is 105 cm³/mol. The van der Waals surface area contributed by atoms with Crippen LogP contribution in [0.2, 0.25) is 0 Å². The van der Waals surface area contributed by atoms with Gasteiger partial charge in [0.25, 0.3) is 0 Å². The lowest BCUT2D eigenvalue weighted by molar-refractivity contribution is -0.115. The number of nitrogens with zero attached hydrogens (tertiary/aromatic N) is 3. The predicted octanol–water partition coefficient (Wildman–Crippen LogP) is 4.96. The summed E-state index contributed by atoms with van der Waals surface area (Å²) in [5.41, 5.74) is 1.53. The molecule has 2 unspecified atom stereocenters. The monoisotopic (exact) mass is 418 g/mol. The van der Waals surface area contributed by atoms with Gasteiger partial charge in [-0.25, -0.2) is 13.8 Å². The number of amides is 1. The Hall–Kier alpha value is -3.00. The summed E-state index contributed by atoms with van der Waals surface area (Å²) in [6.07, 6.45) is 0.627. The van der Waals surface area contributed by atoms with Crippen molar-refractivity contribution in [2.75, 3.05) is 5.32 Å². The number of rotatable bonds is 4. The quantitative estimate of drug-likeness (QED) is 0.650. The molecule has 0 radical (unpaired) electrons. The van der Waals surface area contributed by atoms with E-state index >= 15 is 0 Å². The van der Waals surface area contributed by atoms with E-state index in [4.69, 9.17) is 16.0 Å². The lowest BCUT2D eigenvalue weighted by Crippen LogP contribution is -2.24. The number of alkyl halides is 1. The van der Waals surface area contributed by atoms with Crippen LogP contribution in [0.3, 0.4) is 0 Å². The fourth-order valence-electron chi connectivity index (χ4n) is 3.11. The molecule has 0 spiro atoms. The molecule has 150 valence electrons. The number of fused-ring (bicyclic) bond motifs is 1. The second kappa shape index (κ2) is 7.44. The second-order valence-electron chi connectivity index (χ2n) is 6.86. The Morgan fingerprint density at radius 1 is 1.34 bits per heavy atom. The summed E-state index contributed by atoms with van der Waals surface area (Å²) in [5.74, 6) is -0.868. The highest BCUT2D eigenvalue weighted by Crippen LogP contribution is 2.36. The minimum Gasteiger partial charge on any atom is -0.417 e. The molecule has 1 aromatic carbocycles. The number of imidazole rings is 1. The number of carbonyl (C=O) groups is 1. The Bertz CT molecular complexity index is 1150. The summed E-state index contributed by atoms with van der Waals surface area (Å²) in [4.78, 5) is 16.4. The number of aryl methyl sites for hydroxylation is 1. The van der Waals surface area contributed by atoms with Gasteiger partial charge in [-0.2, -0.15) is 4.52 Å². The zero-order valence-corrected chi connectivity index (χ0v) is 16.4. The fraction of sp³-hybridized carbons (Fsp3) is 0.250. The SMILES string of the molecule is Cc1ncc2oc(-c3ccc(NC(=O)CC4=C(F)C=C(Cl)C(C)C4F)cc3)nn12. The van der Waals surface area contributed by atoms with Crippen LogP contribution in [0.1, 0.15) is 19.2 Å². The second-order valence-corrected chi connectivity index (χ2v) is 7.29. The van der Waals surface area contributed by atoms with Crippen LogP contribution in [-0.4, -0.2) is 26.7 Å². The van der Waals surface area contributed by atoms with Crippen molar-refractivity contribution in [2.24, 2.45) is 5.92 Å². The molecular weight excluding hydrogens is 402 g/mol. The van der Waals surface area contributed by atoms with Crippen LogP contribution in [0.25, 0.3) is 17.2 Å². The van der Waals surface area contributed by atoms with Gasteiger partial charge in [0.1, 0.15) is 17.8 Å². The van der Waals surface area contributed by atoms with Crippen molar-refractivity contribution in [1.29, 1.82) is 0 Å². The van der Waals surface area contributed by atoms with Gasteiger partial charge in [-0.1, -0.05) is 18.5 Å². The van der Waals surface area contributed by atoms with E-state index in [-0.39, 0.29) is 10.6 Å². The topological polar surface area (TPSA) is 72.4 Å². The van der Waals surface area contributed by atoms with Gasteiger partial charge in [-0.3, -0.25) is 4.79 Å². The van der Waals surface area contributed by atoms with E-state index in [1.807, 2.05) is 6.92 Å². The number of allylic oxidation sites excluding steroid dienone is 3. The smallest absolute Gasteiger partial charge is 0.246 e. The number of hydrogen-bond acceptors (Lipinski definition) is 4. The molecule has 6 nitrogen and oxygen atoms in total. The highest BCUT2D eigenvalue weighted by Gasteiger charge is 2.31. The van der Waals surface area contributed by atoms with Crippen LogP contribution >= 0.6 is 11.6 Å². The Morgan fingerprint density at radius 2 is 2.07 bits per heavy atom. The lowest BCUT2D eigenvalue weighted by Gasteiger charge is -2.23. The maximum absolute atomic E-state index is 14.3. The third kappa shape index (κ3) is 3.67. The van der Waals surface area contributed by atoms with Gasteiger partial charge >= 0.3 is 0 Å². The van der Waals surface area contributed by atoms with Crippen molar-refractivity contribution < 1.29 is 18.0 Å². The average molecular weight is 419 g/mol. The molecular formula is C20H17ClF2N4O2. The molecule has 4 rings (SSSR count). The van der Waals surface area contributed by atoms with Gasteiger partial charge in [0.15, 0.2) is 0 Å². The minimum absolute atomic E-state index is 0.101. The minimum atomic E-state index is -1.63. The van der Waals surface area contributed by atoms with Crippen molar-refractivity contribution in [3.8, 4) is 11.5 Å². The van der Waals surface area contributed by atoms with E-state index in [1.165, 1.54) is 0 Å². The Balaban J connectivity index is 1.46. The summed E-state index contributed by atoms with van der Waals surface area (Å²) in [6.45, 7) is 3.36. The van der Waals surface area contributed by atoms with Gasteiger partial charge in [0.05, 0.1) is 12.6 Å². The van der Waals surface area contributed by atoms with Gasteiger partial charge < -0.3 is 9.73 Å². The molecule has 1 amide bonds. The summed E-state index contributed by atoms with van der Waals surface area (Å²) >= 11 is 5.81. The van der Waals surface area contributed by atoms with Crippen LogP contribution in [-0.2, 0) is 4.79 Å². The van der Waals surface area contributed by atoms with Crippen molar-refractivity contribution in [2.45, 2.75) is 26.4 Å². The molecule has 0 fully saturated rings. The van der Waals surface area contributed by atoms with Crippen LogP contribution in [0.15, 0.2) is 57.4 Å². The first-order valence-electron chi connectivity index (χ1n) is 8.94. The molecule has 1 N–H and O–H groups in total. The Morgan fingerprint density at radius 3 is 2.76 bits per heavy atom. The van der Waals surface area contributed by atoms with Crippen molar-refractivity contribution in [1.82, 2.24) is 14.6 Å². The number of benzene rings is 1. The van der Waals surface area contributed by atoms with Gasteiger partial charge in [-0.15, -0.1) is 5.10 Å². The maximum atomic E-state index is 14.3. The first-order chi connectivity index (χ1) is 13.8. The highest BCUT2D eigenvalue weighted by atomic mass is 35.5. The van der Waals surface area contributed by atoms with E-state index in [9.17, 15) is 13.6 Å². The molecule has 1 aliphatic carbocycles. The summed E-state index contributed by atoms with van der Waals surface area (Å²) < 4.78 is 35.6. The molecule has 0 saturated heterocycles. The zero-order chi connectivity index (χ0) is 20.7. The van der Waals surface area contributed by atoms with Gasteiger partial charge in [0.2, 0.25) is 17.5 Å². The number of nitrogens with one attached hydrogen (secondary N) is 1. The molecule has 29 heavy (non-hydrogen) atoms. The molecule has 0 saturated carbocycles. The summed E-state index contributed by atoms with van der Waals surface area (Å²) in [5, 5.41) is 7.08. The first kappa shape index (κ1) is 19.3. The number of hydrogen-bond donors (Lipinski definition) is 1. The molecule has 2 heterocycles. The van der Waals surface area contributed by atoms with E-state index in [0.717, 1.165) is 6.08 Å². The standard InChI is InChI=1S/C20H17ClF2N4O2/c1-10-15(21)8-16(22)14(19(10)23)7-17(28)25-13-5-3-12(4-6-13)20-26-27-11(2)24-9-18(27)29-20/h3-6,8-10,19H,7H2,1-2H3,(H,25,28). The third-order valence-electron chi connectivity index (χ3n) is 4.81. The van der Waals surface area contributed by atoms with Crippen LogP contribution < -0.4 is 5.32 Å². The Labute approximate surface area is 169 Å². The highest BCUT2D eigenvalue weighted by molar-refractivity contribution is 6.30. The van der Waals surface area contributed by atoms with Gasteiger partial charge in [0, 0.05) is 27.8 Å². The van der Waals surface area contributed by atoms with Crippen LogP contribution in [0, 0.1) is 12.8 Å². The van der Waals surface area contributed by atoms with Crippen LogP contribution in [0.5, 0.6) is 0 Å². The number of carbonyl (C=O) groups excluding carboxylic acids is 1. The normalized spacial score (nSPS) is 19.6. The largest absolute Gasteiger partial charge is 0.417 e. The summed E-state index contributed by atoms with van der Waals surface area (Å²) in [7, 11) is 0. The fourth-order valence-corrected chi connectivity index (χ4v) is 3.32. The van der Waals surface area contributed by atoms with Crippen molar-refractivity contribution in [3.63, 3.8) is 0 Å². The van der Waals surface area contributed by atoms with Gasteiger partial charge in [-0.05, 0) is 37.3 Å². The van der Waals surface area contributed by atoms with E-state index in [0.29, 0.717) is 28.7 Å². The molecule has 0 aliphatic heterocycles. The zero-order valence-electron chi connectivity index (χ0n) is 15.6. The first-order valence-corrected chi connectivity index (χ1v) is 9.32. The van der Waals surface area contributed by atoms with E-state index in [1.54, 1.807) is 41.9 Å². The number of aromatic nitrogens is 3. The molecule has 3 aromatic rings. The molecule has 9 heteroatoms. The average Bonchev–Trinajstić information content (AvgIpc) is 3.26. The molecule has 0 bridgehead atoms.